The number of nitrogen functional groups attached to an aromatic ring is 2. The van der Waals surface area contributed by atoms with E-state index in [0.29, 0.717) is 16.8 Å². The van der Waals surface area contributed by atoms with Crippen LogP contribution in [0.4, 0.5) is 5.69 Å². The Hall–Kier alpha value is -3.69. The highest BCUT2D eigenvalue weighted by molar-refractivity contribution is 6.08. The van der Waals surface area contributed by atoms with Crippen molar-refractivity contribution >= 4 is 29.0 Å². The van der Waals surface area contributed by atoms with Crippen LogP contribution in [0.15, 0.2) is 48.0 Å². The lowest BCUT2D eigenvalue weighted by Crippen LogP contribution is -2.50. The van der Waals surface area contributed by atoms with Gasteiger partial charge in [-0.3, -0.25) is 20.3 Å². The van der Waals surface area contributed by atoms with Crippen molar-refractivity contribution in [2.75, 3.05) is 12.8 Å². The van der Waals surface area contributed by atoms with Crippen molar-refractivity contribution in [2.24, 2.45) is 5.73 Å². The van der Waals surface area contributed by atoms with E-state index in [1.807, 2.05) is 19.1 Å². The maximum Gasteiger partial charge on any atom is 0.224 e. The molecule has 1 unspecified atom stereocenters. The minimum absolute atomic E-state index is 0.0182. The number of carbonyl (C=O) groups is 2. The van der Waals surface area contributed by atoms with E-state index < -0.39 is 6.17 Å². The van der Waals surface area contributed by atoms with Gasteiger partial charge in [0, 0.05) is 23.4 Å². The third kappa shape index (κ3) is 5.27. The minimum atomic E-state index is -0.757. The van der Waals surface area contributed by atoms with Crippen molar-refractivity contribution in [3.8, 4) is 0 Å². The molecule has 0 radical (unpaired) electrons. The zero-order valence-corrected chi connectivity index (χ0v) is 17.4. The van der Waals surface area contributed by atoms with Crippen LogP contribution in [0.2, 0.25) is 0 Å². The van der Waals surface area contributed by atoms with Gasteiger partial charge in [0.05, 0.1) is 12.0 Å². The molecule has 1 amide bonds. The van der Waals surface area contributed by atoms with Gasteiger partial charge in [-0.05, 0) is 43.3 Å². The number of hydrogen-bond acceptors (Lipinski definition) is 7. The number of hydroxylamine groups is 1. The van der Waals surface area contributed by atoms with Crippen molar-refractivity contribution in [1.29, 1.82) is 5.41 Å². The Morgan fingerprint density at radius 3 is 2.55 bits per heavy atom. The van der Waals surface area contributed by atoms with Crippen LogP contribution in [0.5, 0.6) is 0 Å². The predicted molar refractivity (Wildman–Crippen MR) is 119 cm³/mol. The highest BCUT2D eigenvalue weighted by Gasteiger charge is 2.32. The van der Waals surface area contributed by atoms with Crippen LogP contribution in [0.3, 0.4) is 0 Å². The molecule has 2 aromatic carbocycles. The number of aryl methyl sites for hydroxylation is 1. The molecule has 0 bridgehead atoms. The summed E-state index contributed by atoms with van der Waals surface area (Å²) in [6, 6.07) is 12.4. The fourth-order valence-corrected chi connectivity index (χ4v) is 3.28. The van der Waals surface area contributed by atoms with Crippen LogP contribution in [-0.4, -0.2) is 30.7 Å². The van der Waals surface area contributed by atoms with Gasteiger partial charge in [-0.15, -0.1) is 5.48 Å². The van der Waals surface area contributed by atoms with Gasteiger partial charge in [-0.2, -0.15) is 0 Å². The zero-order valence-electron chi connectivity index (χ0n) is 17.4. The lowest BCUT2D eigenvalue weighted by atomic mass is 9.97. The van der Waals surface area contributed by atoms with E-state index >= 15 is 0 Å². The topological polar surface area (TPSA) is 155 Å². The van der Waals surface area contributed by atoms with E-state index in [0.717, 1.165) is 11.1 Å². The van der Waals surface area contributed by atoms with Gasteiger partial charge >= 0.3 is 0 Å². The summed E-state index contributed by atoms with van der Waals surface area (Å²) in [6.07, 6.45) is -0.902. The van der Waals surface area contributed by atoms with Crippen molar-refractivity contribution in [1.82, 2.24) is 16.1 Å². The Kier molecular flexibility index (Phi) is 6.68. The fourth-order valence-electron chi connectivity index (χ4n) is 3.28. The molecule has 1 atom stereocenters. The van der Waals surface area contributed by atoms with Crippen LogP contribution < -0.4 is 27.6 Å². The number of nitrogens with one attached hydrogen (secondary N) is 4. The van der Waals surface area contributed by atoms with Crippen LogP contribution in [0, 0.1) is 12.3 Å². The van der Waals surface area contributed by atoms with Gasteiger partial charge in [0.2, 0.25) is 5.91 Å². The van der Waals surface area contributed by atoms with Gasteiger partial charge in [-0.25, -0.2) is 0 Å². The van der Waals surface area contributed by atoms with Crippen LogP contribution in [0.1, 0.15) is 28.7 Å². The summed E-state index contributed by atoms with van der Waals surface area (Å²) in [5, 5.41) is 13.1. The average molecular weight is 422 g/mol. The molecule has 9 nitrogen and oxygen atoms in total. The smallest absolute Gasteiger partial charge is 0.224 e. The first-order valence-electron chi connectivity index (χ1n) is 9.73. The summed E-state index contributed by atoms with van der Waals surface area (Å²) in [5.74, 6) is -0.328. The Labute approximate surface area is 180 Å². The summed E-state index contributed by atoms with van der Waals surface area (Å²) in [7, 11) is 1.62. The van der Waals surface area contributed by atoms with E-state index in [1.165, 1.54) is 0 Å². The standard InChI is InChI=1S/C22H26N6O3/c1-12-7-15(9-16(23)8-12)20-17(19(30)22(26-2)28-31-20)10-18(29)27-11-13-3-5-14(6-4-13)21(24)25/h3-9,22,26,28H,10-11,23H2,1-2H3,(H3,24,25)(H,27,29). The number of amidine groups is 1. The Morgan fingerprint density at radius 2 is 1.94 bits per heavy atom. The first kappa shape index (κ1) is 22.0. The SMILES string of the molecule is CNC1NOC(c2cc(C)cc(N)c2)=C(CC(=O)NCc2ccc(C(=N)N)cc2)C1=O. The number of ketones is 1. The second kappa shape index (κ2) is 9.41. The predicted octanol–water partition coefficient (Wildman–Crippen LogP) is 0.928. The lowest BCUT2D eigenvalue weighted by molar-refractivity contribution is -0.126. The lowest BCUT2D eigenvalue weighted by Gasteiger charge is -2.27. The van der Waals surface area contributed by atoms with Crippen LogP contribution in [-0.2, 0) is 21.0 Å². The number of Topliss-reactive ketones (excluding diaryl/α,β-unsaturated/α-hetero) is 1. The number of amides is 1. The molecule has 31 heavy (non-hydrogen) atoms. The monoisotopic (exact) mass is 422 g/mol. The maximum atomic E-state index is 12.9. The van der Waals surface area contributed by atoms with Crippen LogP contribution >= 0.6 is 0 Å². The van der Waals surface area contributed by atoms with Crippen molar-refractivity contribution in [2.45, 2.75) is 26.1 Å². The van der Waals surface area contributed by atoms with Gasteiger partial charge in [0.15, 0.2) is 17.7 Å². The number of rotatable bonds is 7. The van der Waals surface area contributed by atoms with E-state index in [9.17, 15) is 9.59 Å². The summed E-state index contributed by atoms with van der Waals surface area (Å²) >= 11 is 0. The molecule has 1 aliphatic heterocycles. The molecule has 0 spiro atoms. The third-order valence-corrected chi connectivity index (χ3v) is 4.86. The highest BCUT2D eigenvalue weighted by atomic mass is 16.7. The molecule has 0 aromatic heterocycles. The van der Waals surface area contributed by atoms with Crippen molar-refractivity contribution in [3.63, 3.8) is 0 Å². The Morgan fingerprint density at radius 1 is 1.23 bits per heavy atom. The molecule has 3 rings (SSSR count). The third-order valence-electron chi connectivity index (χ3n) is 4.86. The first-order chi connectivity index (χ1) is 14.8. The maximum absolute atomic E-state index is 12.9. The highest BCUT2D eigenvalue weighted by Crippen LogP contribution is 2.28. The molecule has 8 N–H and O–H groups in total. The number of anilines is 1. The normalized spacial score (nSPS) is 16.1. The van der Waals surface area contributed by atoms with Gasteiger partial charge in [0.25, 0.3) is 0 Å². The molecule has 0 aliphatic carbocycles. The summed E-state index contributed by atoms with van der Waals surface area (Å²) < 4.78 is 0. The molecular weight excluding hydrogens is 396 g/mol. The van der Waals surface area contributed by atoms with Crippen molar-refractivity contribution < 1.29 is 14.4 Å². The molecule has 9 heteroatoms. The molecular formula is C22H26N6O3. The summed E-state index contributed by atoms with van der Waals surface area (Å²) in [4.78, 5) is 31.2. The van der Waals surface area contributed by atoms with E-state index in [4.69, 9.17) is 21.7 Å². The second-order valence-electron chi connectivity index (χ2n) is 7.31. The van der Waals surface area contributed by atoms with Gasteiger partial charge < -0.3 is 21.6 Å². The van der Waals surface area contributed by atoms with E-state index in [-0.39, 0.29) is 41.8 Å². The van der Waals surface area contributed by atoms with Gasteiger partial charge in [0.1, 0.15) is 5.84 Å². The molecule has 162 valence electrons. The quantitative estimate of drug-likeness (QED) is 0.220. The van der Waals surface area contributed by atoms with Crippen LogP contribution in [0.25, 0.3) is 5.76 Å². The van der Waals surface area contributed by atoms with Gasteiger partial charge in [-0.1, -0.05) is 24.3 Å². The van der Waals surface area contributed by atoms with E-state index in [1.54, 1.807) is 37.4 Å². The Bertz CT molecular complexity index is 1030. The average Bonchev–Trinajstić information content (AvgIpc) is 2.73. The number of nitrogens with two attached hydrogens (primary N) is 2. The molecule has 1 heterocycles. The molecule has 0 fully saturated rings. The number of likely N-dealkylation sites (N-methyl/N-ethyl adjacent to an activating group) is 1. The summed E-state index contributed by atoms with van der Waals surface area (Å²) in [5.41, 5.74) is 17.8. The van der Waals surface area contributed by atoms with Crippen molar-refractivity contribution in [3.05, 3.63) is 70.3 Å². The first-order valence-corrected chi connectivity index (χ1v) is 9.73. The number of carbonyl (C=O) groups excluding carboxylic acids is 2. The molecule has 0 saturated carbocycles. The minimum Gasteiger partial charge on any atom is -0.406 e. The fraction of sp³-hybridized carbons (Fsp3) is 0.227. The summed E-state index contributed by atoms with van der Waals surface area (Å²) in [6.45, 7) is 2.17. The number of benzene rings is 2. The molecule has 2 aromatic rings. The zero-order chi connectivity index (χ0) is 22.5. The Balaban J connectivity index is 1.79. The molecule has 0 saturated heterocycles. The largest absolute Gasteiger partial charge is 0.406 e. The second-order valence-corrected chi connectivity index (χ2v) is 7.31. The number of hydrogen-bond donors (Lipinski definition) is 6. The molecule has 1 aliphatic rings. The van der Waals surface area contributed by atoms with E-state index in [2.05, 4.69) is 16.1 Å².